The number of fused-ring (bicyclic) bond motifs is 1. The summed E-state index contributed by atoms with van der Waals surface area (Å²) in [6.45, 7) is 1.58. The number of carbonyl (C=O) groups is 1. The maximum absolute atomic E-state index is 11.9. The Morgan fingerprint density at radius 1 is 1.60 bits per heavy atom. The zero-order valence-corrected chi connectivity index (χ0v) is 11.3. The van der Waals surface area contributed by atoms with Crippen LogP contribution in [0.4, 0.5) is 0 Å². The maximum Gasteiger partial charge on any atom is 0.225 e. The summed E-state index contributed by atoms with van der Waals surface area (Å²) in [7, 11) is 1.63. The standard InChI is InChI=1S/C14H17N3O3/c1-19-10-2-3-11-12(6-10)17-13(16-11)7-15-14(18)9-4-5-20-8-9/h2-3,6,9H,4-5,7-8H2,1H3,(H,15,18)(H,16,17). The second kappa shape index (κ2) is 5.50. The zero-order valence-electron chi connectivity index (χ0n) is 11.3. The Labute approximate surface area is 116 Å². The molecule has 0 bridgehead atoms. The highest BCUT2D eigenvalue weighted by Gasteiger charge is 2.23. The molecule has 1 atom stereocenters. The third-order valence-electron chi connectivity index (χ3n) is 3.47. The van der Waals surface area contributed by atoms with Gasteiger partial charge in [0.1, 0.15) is 11.6 Å². The van der Waals surface area contributed by atoms with E-state index in [4.69, 9.17) is 9.47 Å². The maximum atomic E-state index is 11.9. The number of ether oxygens (including phenoxy) is 2. The summed E-state index contributed by atoms with van der Waals surface area (Å²) >= 11 is 0. The summed E-state index contributed by atoms with van der Waals surface area (Å²) in [4.78, 5) is 19.5. The van der Waals surface area contributed by atoms with Gasteiger partial charge in [-0.1, -0.05) is 0 Å². The van der Waals surface area contributed by atoms with Crippen LogP contribution >= 0.6 is 0 Å². The largest absolute Gasteiger partial charge is 0.497 e. The van der Waals surface area contributed by atoms with Gasteiger partial charge in [-0.15, -0.1) is 0 Å². The van der Waals surface area contributed by atoms with Crippen LogP contribution in [0, 0.1) is 5.92 Å². The van der Waals surface area contributed by atoms with Crippen LogP contribution in [-0.2, 0) is 16.1 Å². The molecule has 0 spiro atoms. The molecular weight excluding hydrogens is 258 g/mol. The van der Waals surface area contributed by atoms with Crippen LogP contribution < -0.4 is 10.1 Å². The van der Waals surface area contributed by atoms with E-state index in [1.54, 1.807) is 7.11 Å². The average Bonchev–Trinajstić information content (AvgIpc) is 3.12. The topological polar surface area (TPSA) is 76.2 Å². The Morgan fingerprint density at radius 2 is 2.50 bits per heavy atom. The number of aromatic nitrogens is 2. The summed E-state index contributed by atoms with van der Waals surface area (Å²) in [6, 6.07) is 5.64. The smallest absolute Gasteiger partial charge is 0.225 e. The third kappa shape index (κ3) is 2.60. The van der Waals surface area contributed by atoms with Gasteiger partial charge in [0.15, 0.2) is 0 Å². The van der Waals surface area contributed by atoms with Gasteiger partial charge in [-0.25, -0.2) is 4.98 Å². The quantitative estimate of drug-likeness (QED) is 0.879. The average molecular weight is 275 g/mol. The fraction of sp³-hybridized carbons (Fsp3) is 0.429. The molecule has 0 aliphatic carbocycles. The molecular formula is C14H17N3O3. The van der Waals surface area contributed by atoms with Crippen LogP contribution in [0.3, 0.4) is 0 Å². The van der Waals surface area contributed by atoms with Crippen molar-refractivity contribution < 1.29 is 14.3 Å². The molecule has 1 fully saturated rings. The van der Waals surface area contributed by atoms with Crippen molar-refractivity contribution in [2.75, 3.05) is 20.3 Å². The number of hydrogen-bond acceptors (Lipinski definition) is 4. The van der Waals surface area contributed by atoms with Crippen LogP contribution in [0.1, 0.15) is 12.2 Å². The van der Waals surface area contributed by atoms with Crippen molar-refractivity contribution in [3.63, 3.8) is 0 Å². The lowest BCUT2D eigenvalue weighted by Gasteiger charge is -2.07. The number of rotatable bonds is 4. The number of hydrogen-bond donors (Lipinski definition) is 2. The van der Waals surface area contributed by atoms with Crippen LogP contribution in [0.2, 0.25) is 0 Å². The van der Waals surface area contributed by atoms with E-state index < -0.39 is 0 Å². The Bertz CT molecular complexity index is 617. The Kier molecular flexibility index (Phi) is 3.56. The van der Waals surface area contributed by atoms with Crippen LogP contribution in [0.25, 0.3) is 11.0 Å². The first-order valence-corrected chi connectivity index (χ1v) is 6.64. The van der Waals surface area contributed by atoms with Crippen molar-refractivity contribution in [1.29, 1.82) is 0 Å². The minimum absolute atomic E-state index is 0.0283. The summed E-state index contributed by atoms with van der Waals surface area (Å²) in [5, 5.41) is 2.89. The van der Waals surface area contributed by atoms with Gasteiger partial charge in [-0.05, 0) is 18.6 Å². The second-order valence-electron chi connectivity index (χ2n) is 4.84. The molecule has 6 heteroatoms. The van der Waals surface area contributed by atoms with Crippen molar-refractivity contribution in [3.8, 4) is 5.75 Å². The molecule has 6 nitrogen and oxygen atoms in total. The summed E-state index contributed by atoms with van der Waals surface area (Å²) < 4.78 is 10.4. The number of methoxy groups -OCH3 is 1. The van der Waals surface area contributed by atoms with Gasteiger partial charge in [-0.2, -0.15) is 0 Å². The highest BCUT2D eigenvalue weighted by Crippen LogP contribution is 2.18. The van der Waals surface area contributed by atoms with E-state index >= 15 is 0 Å². The fourth-order valence-corrected chi connectivity index (χ4v) is 2.31. The predicted molar refractivity (Wildman–Crippen MR) is 73.4 cm³/mol. The molecule has 3 rings (SSSR count). The molecule has 2 N–H and O–H groups in total. The van der Waals surface area contributed by atoms with Gasteiger partial charge in [0.25, 0.3) is 0 Å². The minimum Gasteiger partial charge on any atom is -0.497 e. The van der Waals surface area contributed by atoms with Crippen molar-refractivity contribution in [2.24, 2.45) is 5.92 Å². The Hall–Kier alpha value is -2.08. The number of carbonyl (C=O) groups excluding carboxylic acids is 1. The van der Waals surface area contributed by atoms with Gasteiger partial charge < -0.3 is 19.8 Å². The van der Waals surface area contributed by atoms with Crippen LogP contribution in [0.15, 0.2) is 18.2 Å². The second-order valence-corrected chi connectivity index (χ2v) is 4.84. The molecule has 2 heterocycles. The molecule has 0 saturated carbocycles. The van der Waals surface area contributed by atoms with E-state index in [-0.39, 0.29) is 11.8 Å². The molecule has 20 heavy (non-hydrogen) atoms. The lowest BCUT2D eigenvalue weighted by atomic mass is 10.1. The number of nitrogens with zero attached hydrogens (tertiary/aromatic N) is 1. The van der Waals surface area contributed by atoms with Gasteiger partial charge >= 0.3 is 0 Å². The number of nitrogens with one attached hydrogen (secondary N) is 2. The molecule has 1 aromatic carbocycles. The van der Waals surface area contributed by atoms with Gasteiger partial charge in [-0.3, -0.25) is 4.79 Å². The lowest BCUT2D eigenvalue weighted by Crippen LogP contribution is -2.30. The van der Waals surface area contributed by atoms with Crippen molar-refractivity contribution in [3.05, 3.63) is 24.0 Å². The normalized spacial score (nSPS) is 18.4. The third-order valence-corrected chi connectivity index (χ3v) is 3.47. The molecule has 1 unspecified atom stereocenters. The van der Waals surface area contributed by atoms with E-state index in [1.807, 2.05) is 18.2 Å². The van der Waals surface area contributed by atoms with Gasteiger partial charge in [0, 0.05) is 12.7 Å². The minimum atomic E-state index is -0.0283. The first-order valence-electron chi connectivity index (χ1n) is 6.64. The summed E-state index contributed by atoms with van der Waals surface area (Å²) in [6.07, 6.45) is 0.795. The SMILES string of the molecule is COc1ccc2nc(CNC(=O)C3CCOC3)[nH]c2c1. The first-order chi connectivity index (χ1) is 9.76. The molecule has 2 aromatic rings. The number of amides is 1. The number of H-pyrrole nitrogens is 1. The summed E-state index contributed by atoms with van der Waals surface area (Å²) in [5.74, 6) is 1.51. The van der Waals surface area contributed by atoms with E-state index in [2.05, 4.69) is 15.3 Å². The molecule has 1 aliphatic heterocycles. The van der Waals surface area contributed by atoms with Gasteiger partial charge in [0.2, 0.25) is 5.91 Å². The van der Waals surface area contributed by atoms with Crippen molar-refractivity contribution >= 4 is 16.9 Å². The van der Waals surface area contributed by atoms with Gasteiger partial charge in [0.05, 0.1) is 37.2 Å². The Morgan fingerprint density at radius 3 is 3.25 bits per heavy atom. The lowest BCUT2D eigenvalue weighted by molar-refractivity contribution is -0.125. The number of aromatic amines is 1. The monoisotopic (exact) mass is 275 g/mol. The van der Waals surface area contributed by atoms with Crippen molar-refractivity contribution in [2.45, 2.75) is 13.0 Å². The molecule has 106 valence electrons. The van der Waals surface area contributed by atoms with Crippen LogP contribution in [-0.4, -0.2) is 36.2 Å². The molecule has 0 radical (unpaired) electrons. The predicted octanol–water partition coefficient (Wildman–Crippen LogP) is 1.22. The first kappa shape index (κ1) is 12.9. The van der Waals surface area contributed by atoms with E-state index in [0.29, 0.717) is 19.8 Å². The summed E-state index contributed by atoms with van der Waals surface area (Å²) in [5.41, 5.74) is 1.76. The molecule has 1 amide bonds. The van der Waals surface area contributed by atoms with E-state index in [1.165, 1.54) is 0 Å². The Balaban J connectivity index is 1.66. The van der Waals surface area contributed by atoms with Crippen LogP contribution in [0.5, 0.6) is 5.75 Å². The molecule has 1 saturated heterocycles. The highest BCUT2D eigenvalue weighted by molar-refractivity contribution is 5.79. The fourth-order valence-electron chi connectivity index (χ4n) is 2.31. The highest BCUT2D eigenvalue weighted by atomic mass is 16.5. The van der Waals surface area contributed by atoms with Crippen molar-refractivity contribution in [1.82, 2.24) is 15.3 Å². The number of imidazole rings is 1. The molecule has 1 aliphatic rings. The van der Waals surface area contributed by atoms with E-state index in [0.717, 1.165) is 29.0 Å². The zero-order chi connectivity index (χ0) is 13.9. The molecule has 1 aromatic heterocycles. The van der Waals surface area contributed by atoms with E-state index in [9.17, 15) is 4.79 Å². The number of benzene rings is 1.